The number of benzene rings is 1. The summed E-state index contributed by atoms with van der Waals surface area (Å²) in [5.41, 5.74) is 2.45. The van der Waals surface area contributed by atoms with E-state index >= 15 is 0 Å². The number of carbonyl (C=O) groups excluding carboxylic acids is 1. The third-order valence-electron chi connectivity index (χ3n) is 4.13. The van der Waals surface area contributed by atoms with E-state index in [0.29, 0.717) is 0 Å². The van der Waals surface area contributed by atoms with Crippen molar-refractivity contribution in [3.8, 4) is 0 Å². The lowest BCUT2D eigenvalue weighted by Gasteiger charge is -2.31. The van der Waals surface area contributed by atoms with Crippen molar-refractivity contribution in [2.45, 2.75) is 32.7 Å². The Morgan fingerprint density at radius 3 is 2.63 bits per heavy atom. The third-order valence-corrected chi connectivity index (χ3v) is 4.13. The van der Waals surface area contributed by atoms with Crippen LogP contribution in [-0.4, -0.2) is 30.9 Å². The Bertz CT molecular complexity index is 421. The van der Waals surface area contributed by atoms with Gasteiger partial charge >= 0.3 is 0 Å². The minimum absolute atomic E-state index is 0.134. The minimum atomic E-state index is 0.134. The molecular formula is C16H24N2O. The smallest absolute Gasteiger partial charge is 0.227 e. The lowest BCUT2D eigenvalue weighted by molar-refractivity contribution is -0.136. The van der Waals surface area contributed by atoms with Crippen LogP contribution < -0.4 is 5.32 Å². The van der Waals surface area contributed by atoms with E-state index in [9.17, 15) is 4.79 Å². The van der Waals surface area contributed by atoms with Crippen molar-refractivity contribution in [1.29, 1.82) is 0 Å². The van der Waals surface area contributed by atoms with E-state index < -0.39 is 0 Å². The van der Waals surface area contributed by atoms with Crippen LogP contribution in [0.3, 0.4) is 0 Å². The number of carbonyl (C=O) groups is 1. The molecule has 0 bridgehead atoms. The maximum Gasteiger partial charge on any atom is 0.227 e. The fourth-order valence-electron chi connectivity index (χ4n) is 2.61. The Kier molecular flexibility index (Phi) is 4.59. The summed E-state index contributed by atoms with van der Waals surface area (Å²) in [5.74, 6) is 0.409. The standard InChI is InChI=1S/C16H24N2O/c1-12-6-8-14(9-7-12)13(2)18(3)16(19)15-5-4-10-17-11-15/h6-9,13,15,17H,4-5,10-11H2,1-3H3. The first-order valence-electron chi connectivity index (χ1n) is 7.13. The Morgan fingerprint density at radius 2 is 2.05 bits per heavy atom. The first-order chi connectivity index (χ1) is 9.09. The van der Waals surface area contributed by atoms with Gasteiger partial charge in [0.25, 0.3) is 0 Å². The quantitative estimate of drug-likeness (QED) is 0.905. The molecule has 1 amide bonds. The van der Waals surface area contributed by atoms with Crippen molar-refractivity contribution in [2.75, 3.05) is 20.1 Å². The molecule has 1 heterocycles. The van der Waals surface area contributed by atoms with E-state index in [2.05, 4.69) is 43.4 Å². The maximum atomic E-state index is 12.5. The lowest BCUT2D eigenvalue weighted by atomic mass is 9.96. The fourth-order valence-corrected chi connectivity index (χ4v) is 2.61. The second-order valence-corrected chi connectivity index (χ2v) is 5.58. The average molecular weight is 260 g/mol. The van der Waals surface area contributed by atoms with E-state index in [-0.39, 0.29) is 17.9 Å². The van der Waals surface area contributed by atoms with Crippen molar-refractivity contribution in [1.82, 2.24) is 10.2 Å². The highest BCUT2D eigenvalue weighted by molar-refractivity contribution is 5.79. The lowest BCUT2D eigenvalue weighted by Crippen LogP contribution is -2.42. The van der Waals surface area contributed by atoms with Crippen molar-refractivity contribution < 1.29 is 4.79 Å². The summed E-state index contributed by atoms with van der Waals surface area (Å²) in [5, 5.41) is 3.31. The van der Waals surface area contributed by atoms with Crippen LogP contribution in [0, 0.1) is 12.8 Å². The summed E-state index contributed by atoms with van der Waals surface area (Å²) >= 11 is 0. The van der Waals surface area contributed by atoms with E-state index in [4.69, 9.17) is 0 Å². The SMILES string of the molecule is Cc1ccc(C(C)N(C)C(=O)C2CCCNC2)cc1. The number of aryl methyl sites for hydroxylation is 1. The highest BCUT2D eigenvalue weighted by Crippen LogP contribution is 2.22. The molecule has 3 nitrogen and oxygen atoms in total. The van der Waals surface area contributed by atoms with Gasteiger partial charge in [-0.3, -0.25) is 4.79 Å². The summed E-state index contributed by atoms with van der Waals surface area (Å²) in [6.45, 7) is 6.04. The van der Waals surface area contributed by atoms with Gasteiger partial charge in [0, 0.05) is 13.6 Å². The average Bonchev–Trinajstić information content (AvgIpc) is 2.46. The van der Waals surface area contributed by atoms with Crippen LogP contribution in [0.15, 0.2) is 24.3 Å². The zero-order chi connectivity index (χ0) is 13.8. The molecule has 0 radical (unpaired) electrons. The number of hydrogen-bond donors (Lipinski definition) is 1. The predicted molar refractivity (Wildman–Crippen MR) is 78.0 cm³/mol. The molecule has 0 spiro atoms. The van der Waals surface area contributed by atoms with Gasteiger partial charge in [-0.25, -0.2) is 0 Å². The summed E-state index contributed by atoms with van der Waals surface area (Å²) in [7, 11) is 1.92. The Balaban J connectivity index is 2.03. The van der Waals surface area contributed by atoms with E-state index in [0.717, 1.165) is 25.9 Å². The Hall–Kier alpha value is -1.35. The van der Waals surface area contributed by atoms with Gasteiger partial charge < -0.3 is 10.2 Å². The van der Waals surface area contributed by atoms with Gasteiger partial charge in [-0.2, -0.15) is 0 Å². The molecule has 1 aromatic carbocycles. The number of rotatable bonds is 3. The molecule has 1 saturated heterocycles. The fraction of sp³-hybridized carbons (Fsp3) is 0.562. The van der Waals surface area contributed by atoms with Gasteiger partial charge in [-0.05, 0) is 38.8 Å². The predicted octanol–water partition coefficient (Wildman–Crippen LogP) is 2.51. The van der Waals surface area contributed by atoms with Gasteiger partial charge in [-0.15, -0.1) is 0 Å². The normalized spacial score (nSPS) is 20.9. The zero-order valence-corrected chi connectivity index (χ0v) is 12.1. The van der Waals surface area contributed by atoms with Crippen molar-refractivity contribution in [2.24, 2.45) is 5.92 Å². The first-order valence-corrected chi connectivity index (χ1v) is 7.13. The maximum absolute atomic E-state index is 12.5. The molecule has 1 N–H and O–H groups in total. The Morgan fingerprint density at radius 1 is 1.37 bits per heavy atom. The molecule has 19 heavy (non-hydrogen) atoms. The van der Waals surface area contributed by atoms with Crippen molar-refractivity contribution >= 4 is 5.91 Å². The Labute approximate surface area is 116 Å². The van der Waals surface area contributed by atoms with Gasteiger partial charge in [0.15, 0.2) is 0 Å². The number of nitrogens with one attached hydrogen (secondary N) is 1. The van der Waals surface area contributed by atoms with Gasteiger partial charge in [-0.1, -0.05) is 29.8 Å². The topological polar surface area (TPSA) is 32.3 Å². The van der Waals surface area contributed by atoms with Crippen molar-refractivity contribution in [3.05, 3.63) is 35.4 Å². The summed E-state index contributed by atoms with van der Waals surface area (Å²) in [6, 6.07) is 8.57. The van der Waals surface area contributed by atoms with Crippen LogP contribution >= 0.6 is 0 Å². The van der Waals surface area contributed by atoms with Gasteiger partial charge in [0.2, 0.25) is 5.91 Å². The van der Waals surface area contributed by atoms with Crippen LogP contribution in [0.25, 0.3) is 0 Å². The number of piperidine rings is 1. The summed E-state index contributed by atoms with van der Waals surface area (Å²) in [6.07, 6.45) is 2.11. The second kappa shape index (κ2) is 6.20. The van der Waals surface area contributed by atoms with Crippen LogP contribution in [0.1, 0.15) is 36.9 Å². The molecule has 2 unspecified atom stereocenters. The molecule has 0 saturated carbocycles. The molecule has 2 rings (SSSR count). The van der Waals surface area contributed by atoms with Gasteiger partial charge in [0.05, 0.1) is 12.0 Å². The molecule has 0 aliphatic carbocycles. The molecule has 0 aromatic heterocycles. The van der Waals surface area contributed by atoms with Crippen LogP contribution in [0.2, 0.25) is 0 Å². The van der Waals surface area contributed by atoms with Gasteiger partial charge in [0.1, 0.15) is 0 Å². The van der Waals surface area contributed by atoms with E-state index in [1.54, 1.807) is 0 Å². The number of hydrogen-bond acceptors (Lipinski definition) is 2. The molecule has 1 aliphatic rings. The van der Waals surface area contributed by atoms with Crippen LogP contribution in [0.4, 0.5) is 0 Å². The molecule has 3 heteroatoms. The molecule has 1 aliphatic heterocycles. The molecular weight excluding hydrogens is 236 g/mol. The second-order valence-electron chi connectivity index (χ2n) is 5.58. The summed E-state index contributed by atoms with van der Waals surface area (Å²) < 4.78 is 0. The van der Waals surface area contributed by atoms with E-state index in [1.165, 1.54) is 11.1 Å². The summed E-state index contributed by atoms with van der Waals surface area (Å²) in [4.78, 5) is 14.4. The highest BCUT2D eigenvalue weighted by Gasteiger charge is 2.26. The molecule has 2 atom stereocenters. The van der Waals surface area contributed by atoms with Crippen LogP contribution in [-0.2, 0) is 4.79 Å². The highest BCUT2D eigenvalue weighted by atomic mass is 16.2. The van der Waals surface area contributed by atoms with Crippen molar-refractivity contribution in [3.63, 3.8) is 0 Å². The third kappa shape index (κ3) is 3.35. The number of nitrogens with zero attached hydrogens (tertiary/aromatic N) is 1. The zero-order valence-electron chi connectivity index (χ0n) is 12.1. The largest absolute Gasteiger partial charge is 0.339 e. The monoisotopic (exact) mass is 260 g/mol. The van der Waals surface area contributed by atoms with E-state index in [1.807, 2.05) is 11.9 Å². The molecule has 104 valence electrons. The molecule has 1 fully saturated rings. The van der Waals surface area contributed by atoms with Crippen LogP contribution in [0.5, 0.6) is 0 Å². The number of amides is 1. The molecule has 1 aromatic rings. The minimum Gasteiger partial charge on any atom is -0.339 e. The first kappa shape index (κ1) is 14.1.